The molecule has 0 bridgehead atoms. The topological polar surface area (TPSA) is 41.6 Å². The van der Waals surface area contributed by atoms with Gasteiger partial charge in [0.1, 0.15) is 0 Å². The van der Waals surface area contributed by atoms with E-state index < -0.39 is 0 Å². The Morgan fingerprint density at radius 1 is 1.33 bits per heavy atom. The van der Waals surface area contributed by atoms with Gasteiger partial charge in [-0.15, -0.1) is 0 Å². The molecule has 2 rings (SSSR count). The molecular weight excluding hydrogens is 228 g/mol. The van der Waals surface area contributed by atoms with Crippen LogP contribution in [0.1, 0.15) is 45.4 Å². The molecule has 1 saturated heterocycles. The molecule has 3 unspecified atom stereocenters. The lowest BCUT2D eigenvalue weighted by Gasteiger charge is -2.38. The van der Waals surface area contributed by atoms with Crippen molar-refractivity contribution in [3.63, 3.8) is 0 Å². The highest BCUT2D eigenvalue weighted by Crippen LogP contribution is 2.29. The summed E-state index contributed by atoms with van der Waals surface area (Å²) in [6.45, 7) is 3.98. The summed E-state index contributed by atoms with van der Waals surface area (Å²) in [5.41, 5.74) is 0. The van der Waals surface area contributed by atoms with E-state index in [1.54, 1.807) is 7.11 Å². The number of hydrogen-bond donors (Lipinski definition) is 1. The molecule has 2 aliphatic rings. The fourth-order valence-electron chi connectivity index (χ4n) is 3.27. The Labute approximate surface area is 110 Å². The van der Waals surface area contributed by atoms with Gasteiger partial charge in [-0.05, 0) is 45.1 Å². The molecule has 1 N–H and O–H groups in total. The first kappa shape index (κ1) is 13.8. The van der Waals surface area contributed by atoms with Crippen LogP contribution in [0.3, 0.4) is 0 Å². The summed E-state index contributed by atoms with van der Waals surface area (Å²) in [5, 5.41) is 3.38. The maximum atomic E-state index is 12.5. The number of amides is 1. The van der Waals surface area contributed by atoms with Crippen molar-refractivity contribution in [3.8, 4) is 0 Å². The van der Waals surface area contributed by atoms with Crippen molar-refractivity contribution in [2.75, 3.05) is 20.2 Å². The van der Waals surface area contributed by atoms with Crippen LogP contribution in [-0.4, -0.2) is 49.2 Å². The zero-order valence-corrected chi connectivity index (χ0v) is 11.7. The molecule has 3 atom stereocenters. The van der Waals surface area contributed by atoms with E-state index in [2.05, 4.69) is 17.1 Å². The third-order valence-electron chi connectivity index (χ3n) is 4.23. The number of carbonyl (C=O) groups is 1. The van der Waals surface area contributed by atoms with Crippen LogP contribution in [0.25, 0.3) is 0 Å². The van der Waals surface area contributed by atoms with E-state index in [9.17, 15) is 4.79 Å². The van der Waals surface area contributed by atoms with Gasteiger partial charge < -0.3 is 15.0 Å². The number of carbonyl (C=O) groups excluding carboxylic acids is 1. The van der Waals surface area contributed by atoms with Crippen molar-refractivity contribution in [3.05, 3.63) is 0 Å². The standard InChI is InChI=1S/C14H26N2O2/c1-3-9-15-11-6-5-10-16(14(11)17)12-7-4-8-13(12)18-2/h11-13,15H,3-10H2,1-2H3. The van der Waals surface area contributed by atoms with Gasteiger partial charge in [0.25, 0.3) is 0 Å². The summed E-state index contributed by atoms with van der Waals surface area (Å²) in [4.78, 5) is 14.6. The van der Waals surface area contributed by atoms with Crippen LogP contribution in [0.15, 0.2) is 0 Å². The average molecular weight is 254 g/mol. The minimum Gasteiger partial charge on any atom is -0.379 e. The second kappa shape index (κ2) is 6.53. The molecular formula is C14H26N2O2. The number of likely N-dealkylation sites (tertiary alicyclic amines) is 1. The van der Waals surface area contributed by atoms with Crippen LogP contribution >= 0.6 is 0 Å². The van der Waals surface area contributed by atoms with Crippen molar-refractivity contribution >= 4 is 5.91 Å². The van der Waals surface area contributed by atoms with Gasteiger partial charge >= 0.3 is 0 Å². The predicted octanol–water partition coefficient (Wildman–Crippen LogP) is 1.54. The minimum absolute atomic E-state index is 0.0387. The molecule has 1 saturated carbocycles. The van der Waals surface area contributed by atoms with Crippen LogP contribution < -0.4 is 5.32 Å². The number of nitrogens with zero attached hydrogens (tertiary/aromatic N) is 1. The SMILES string of the molecule is CCCNC1CCCN(C2CCCC2OC)C1=O. The van der Waals surface area contributed by atoms with E-state index >= 15 is 0 Å². The van der Waals surface area contributed by atoms with E-state index in [1.165, 1.54) is 6.42 Å². The van der Waals surface area contributed by atoms with Crippen LogP contribution in [0.5, 0.6) is 0 Å². The largest absolute Gasteiger partial charge is 0.379 e. The number of hydrogen-bond acceptors (Lipinski definition) is 3. The molecule has 2 fully saturated rings. The van der Waals surface area contributed by atoms with Crippen molar-refractivity contribution < 1.29 is 9.53 Å². The van der Waals surface area contributed by atoms with Crippen LogP contribution in [-0.2, 0) is 9.53 Å². The Bertz CT molecular complexity index is 283. The van der Waals surface area contributed by atoms with Crippen molar-refractivity contribution in [1.29, 1.82) is 0 Å². The number of nitrogens with one attached hydrogen (secondary N) is 1. The van der Waals surface area contributed by atoms with Gasteiger partial charge in [-0.3, -0.25) is 4.79 Å². The fourth-order valence-corrected chi connectivity index (χ4v) is 3.27. The van der Waals surface area contributed by atoms with Crippen molar-refractivity contribution in [2.24, 2.45) is 0 Å². The summed E-state index contributed by atoms with van der Waals surface area (Å²) in [7, 11) is 1.77. The first-order chi connectivity index (χ1) is 8.77. The van der Waals surface area contributed by atoms with E-state index in [0.717, 1.165) is 45.2 Å². The molecule has 1 amide bonds. The Morgan fingerprint density at radius 3 is 2.89 bits per heavy atom. The molecule has 4 heteroatoms. The van der Waals surface area contributed by atoms with Gasteiger partial charge in [-0.25, -0.2) is 0 Å². The number of methoxy groups -OCH3 is 1. The highest BCUT2D eigenvalue weighted by atomic mass is 16.5. The molecule has 0 aromatic carbocycles. The maximum absolute atomic E-state index is 12.5. The second-order valence-electron chi connectivity index (χ2n) is 5.45. The molecule has 0 spiro atoms. The molecule has 0 radical (unpaired) electrons. The molecule has 18 heavy (non-hydrogen) atoms. The lowest BCUT2D eigenvalue weighted by atomic mass is 10.0. The summed E-state index contributed by atoms with van der Waals surface area (Å²) >= 11 is 0. The van der Waals surface area contributed by atoms with Gasteiger partial charge in [0.15, 0.2) is 0 Å². The van der Waals surface area contributed by atoms with Gasteiger partial charge in [0.05, 0.1) is 18.2 Å². The first-order valence-electron chi connectivity index (χ1n) is 7.34. The first-order valence-corrected chi connectivity index (χ1v) is 7.34. The van der Waals surface area contributed by atoms with Crippen LogP contribution in [0, 0.1) is 0 Å². The van der Waals surface area contributed by atoms with Gasteiger partial charge in [-0.2, -0.15) is 0 Å². The molecule has 0 aromatic heterocycles. The second-order valence-corrected chi connectivity index (χ2v) is 5.45. The molecule has 4 nitrogen and oxygen atoms in total. The number of piperidine rings is 1. The Balaban J connectivity index is 1.97. The van der Waals surface area contributed by atoms with E-state index in [-0.39, 0.29) is 12.1 Å². The highest BCUT2D eigenvalue weighted by molar-refractivity contribution is 5.83. The molecule has 1 aliphatic heterocycles. The minimum atomic E-state index is 0.0387. The summed E-state index contributed by atoms with van der Waals surface area (Å²) in [6.07, 6.45) is 6.80. The van der Waals surface area contributed by atoms with Gasteiger partial charge in [-0.1, -0.05) is 6.92 Å². The monoisotopic (exact) mass is 254 g/mol. The lowest BCUT2D eigenvalue weighted by Crippen LogP contribution is -2.56. The average Bonchev–Trinajstić information content (AvgIpc) is 2.85. The third kappa shape index (κ3) is 2.86. The maximum Gasteiger partial charge on any atom is 0.240 e. The molecule has 1 aliphatic carbocycles. The highest BCUT2D eigenvalue weighted by Gasteiger charge is 2.38. The van der Waals surface area contributed by atoms with E-state index in [0.29, 0.717) is 11.9 Å². The van der Waals surface area contributed by atoms with Gasteiger partial charge in [0, 0.05) is 13.7 Å². The quantitative estimate of drug-likeness (QED) is 0.809. The Morgan fingerprint density at radius 2 is 2.17 bits per heavy atom. The van der Waals surface area contributed by atoms with Crippen LogP contribution in [0.2, 0.25) is 0 Å². The summed E-state index contributed by atoms with van der Waals surface area (Å²) in [6, 6.07) is 0.352. The Kier molecular flexibility index (Phi) is 5.01. The fraction of sp³-hybridized carbons (Fsp3) is 0.929. The van der Waals surface area contributed by atoms with E-state index in [4.69, 9.17) is 4.74 Å². The Hall–Kier alpha value is -0.610. The smallest absolute Gasteiger partial charge is 0.240 e. The summed E-state index contributed by atoms with van der Waals surface area (Å²) < 4.78 is 5.53. The summed E-state index contributed by atoms with van der Waals surface area (Å²) in [5.74, 6) is 0.295. The van der Waals surface area contributed by atoms with Crippen molar-refractivity contribution in [2.45, 2.75) is 63.6 Å². The number of ether oxygens (including phenoxy) is 1. The molecule has 104 valence electrons. The normalized spacial score (nSPS) is 33.1. The van der Waals surface area contributed by atoms with E-state index in [1.807, 2.05) is 0 Å². The molecule has 0 aromatic rings. The van der Waals surface area contributed by atoms with Gasteiger partial charge in [0.2, 0.25) is 5.91 Å². The molecule has 1 heterocycles. The van der Waals surface area contributed by atoms with Crippen molar-refractivity contribution in [1.82, 2.24) is 10.2 Å². The number of rotatable bonds is 5. The zero-order valence-electron chi connectivity index (χ0n) is 11.7. The van der Waals surface area contributed by atoms with Crippen LogP contribution in [0.4, 0.5) is 0 Å². The zero-order chi connectivity index (χ0) is 13.0. The third-order valence-corrected chi connectivity index (χ3v) is 4.23. The predicted molar refractivity (Wildman–Crippen MR) is 71.5 cm³/mol. The lowest BCUT2D eigenvalue weighted by molar-refractivity contribution is -0.141.